The van der Waals surface area contributed by atoms with Crippen LogP contribution in [0.1, 0.15) is 41.6 Å². The van der Waals surface area contributed by atoms with Gasteiger partial charge in [0.05, 0.1) is 0 Å². The first-order chi connectivity index (χ1) is 10.1. The molecule has 1 saturated carbocycles. The normalized spacial score (nSPS) is 15.5. The molecule has 3 rings (SSSR count). The summed E-state index contributed by atoms with van der Waals surface area (Å²) in [5.41, 5.74) is 3.08. The summed E-state index contributed by atoms with van der Waals surface area (Å²) in [4.78, 5) is 11.5. The summed E-state index contributed by atoms with van der Waals surface area (Å²) >= 11 is 0. The van der Waals surface area contributed by atoms with Gasteiger partial charge in [-0.1, -0.05) is 42.0 Å². The number of carboxylic acid groups (broad SMARTS) is 1. The third-order valence-electron chi connectivity index (χ3n) is 3.79. The van der Waals surface area contributed by atoms with Gasteiger partial charge in [-0.3, -0.25) is 0 Å². The van der Waals surface area contributed by atoms with Crippen LogP contribution >= 0.6 is 0 Å². The number of carboxylic acids is 1. The Morgan fingerprint density at radius 3 is 2.24 bits per heavy atom. The van der Waals surface area contributed by atoms with Crippen LogP contribution < -0.4 is 4.74 Å². The fourth-order valence-electron chi connectivity index (χ4n) is 2.37. The average Bonchev–Trinajstić information content (AvgIpc) is 3.31. The monoisotopic (exact) mass is 282 g/mol. The van der Waals surface area contributed by atoms with E-state index in [9.17, 15) is 9.90 Å². The van der Waals surface area contributed by atoms with Crippen LogP contribution in [-0.4, -0.2) is 11.1 Å². The molecule has 1 N–H and O–H groups in total. The van der Waals surface area contributed by atoms with E-state index in [2.05, 4.69) is 0 Å². The number of ether oxygens (including phenoxy) is 1. The number of hydrogen-bond donors (Lipinski definition) is 1. The van der Waals surface area contributed by atoms with E-state index in [1.165, 1.54) is 18.4 Å². The van der Waals surface area contributed by atoms with Gasteiger partial charge in [-0.05, 0) is 43.4 Å². The van der Waals surface area contributed by atoms with E-state index in [0.29, 0.717) is 17.2 Å². The van der Waals surface area contributed by atoms with Crippen molar-refractivity contribution in [1.29, 1.82) is 0 Å². The molecule has 0 radical (unpaired) electrons. The molecule has 3 nitrogen and oxygen atoms in total. The Kier molecular flexibility index (Phi) is 3.65. The van der Waals surface area contributed by atoms with Gasteiger partial charge in [0.1, 0.15) is 5.75 Å². The van der Waals surface area contributed by atoms with E-state index in [1.807, 2.05) is 43.3 Å². The summed E-state index contributed by atoms with van der Waals surface area (Å²) in [5.74, 6) is 0.259. The minimum absolute atomic E-state index is 0.569. The third kappa shape index (κ3) is 3.24. The maximum absolute atomic E-state index is 11.5. The Morgan fingerprint density at radius 1 is 1.10 bits per heavy atom. The minimum atomic E-state index is -0.977. The van der Waals surface area contributed by atoms with Gasteiger partial charge in [0.15, 0.2) is 0 Å². The summed E-state index contributed by atoms with van der Waals surface area (Å²) in [7, 11) is 0. The summed E-state index contributed by atoms with van der Waals surface area (Å²) in [6, 6.07) is 15.2. The number of carbonyl (C=O) groups is 1. The molecule has 3 heteroatoms. The van der Waals surface area contributed by atoms with Gasteiger partial charge >= 0.3 is 5.97 Å². The van der Waals surface area contributed by atoms with Gasteiger partial charge < -0.3 is 9.84 Å². The summed E-state index contributed by atoms with van der Waals surface area (Å²) < 4.78 is 5.63. The van der Waals surface area contributed by atoms with Crippen LogP contribution in [0.3, 0.4) is 0 Å². The summed E-state index contributed by atoms with van der Waals surface area (Å²) in [6.07, 6.45) is 1.50. The first-order valence-corrected chi connectivity index (χ1v) is 7.19. The molecule has 108 valence electrons. The maximum Gasteiger partial charge on any atom is 0.349 e. The first kappa shape index (κ1) is 13.7. The quantitative estimate of drug-likeness (QED) is 0.899. The van der Waals surface area contributed by atoms with Crippen molar-refractivity contribution >= 4 is 5.97 Å². The highest BCUT2D eigenvalue weighted by Crippen LogP contribution is 2.40. The zero-order valence-corrected chi connectivity index (χ0v) is 12.0. The molecule has 0 spiro atoms. The SMILES string of the molecule is Cc1ccc(OC(C(=O)O)c2ccc(C3CC3)cc2)cc1. The van der Waals surface area contributed by atoms with Crippen molar-refractivity contribution in [1.82, 2.24) is 0 Å². The lowest BCUT2D eigenvalue weighted by Crippen LogP contribution is -2.18. The van der Waals surface area contributed by atoms with Crippen LogP contribution in [-0.2, 0) is 4.79 Å². The van der Waals surface area contributed by atoms with Crippen molar-refractivity contribution in [3.8, 4) is 5.75 Å². The minimum Gasteiger partial charge on any atom is -0.478 e. The third-order valence-corrected chi connectivity index (χ3v) is 3.79. The number of aliphatic carboxylic acids is 1. The Morgan fingerprint density at radius 2 is 1.71 bits per heavy atom. The molecule has 0 saturated heterocycles. The predicted molar refractivity (Wildman–Crippen MR) is 80.6 cm³/mol. The van der Waals surface area contributed by atoms with Crippen LogP contribution in [0.25, 0.3) is 0 Å². The molecule has 1 aliphatic rings. The average molecular weight is 282 g/mol. The lowest BCUT2D eigenvalue weighted by molar-refractivity contribution is -0.145. The zero-order chi connectivity index (χ0) is 14.8. The first-order valence-electron chi connectivity index (χ1n) is 7.19. The predicted octanol–water partition coefficient (Wildman–Crippen LogP) is 4.08. The van der Waals surface area contributed by atoms with E-state index in [0.717, 1.165) is 5.56 Å². The highest BCUT2D eigenvalue weighted by atomic mass is 16.5. The summed E-state index contributed by atoms with van der Waals surface area (Å²) in [5, 5.41) is 9.41. The molecule has 1 atom stereocenters. The fraction of sp³-hybridized carbons (Fsp3) is 0.278. The van der Waals surface area contributed by atoms with Gasteiger partial charge in [0.25, 0.3) is 0 Å². The number of hydrogen-bond acceptors (Lipinski definition) is 2. The van der Waals surface area contributed by atoms with Crippen LogP contribution in [0.5, 0.6) is 5.75 Å². The second kappa shape index (κ2) is 5.60. The van der Waals surface area contributed by atoms with Gasteiger partial charge in [0.2, 0.25) is 6.10 Å². The Balaban J connectivity index is 1.79. The Bertz CT molecular complexity index is 625. The van der Waals surface area contributed by atoms with Crippen molar-refractivity contribution in [3.63, 3.8) is 0 Å². The highest BCUT2D eigenvalue weighted by Gasteiger charge is 2.25. The van der Waals surface area contributed by atoms with E-state index in [-0.39, 0.29) is 0 Å². The van der Waals surface area contributed by atoms with Gasteiger partial charge in [-0.25, -0.2) is 4.79 Å². The molecule has 0 aliphatic heterocycles. The lowest BCUT2D eigenvalue weighted by atomic mass is 10.0. The molecular weight excluding hydrogens is 264 g/mol. The molecule has 21 heavy (non-hydrogen) atoms. The molecule has 2 aromatic rings. The second-order valence-corrected chi connectivity index (χ2v) is 5.59. The van der Waals surface area contributed by atoms with Crippen LogP contribution in [0, 0.1) is 6.92 Å². The van der Waals surface area contributed by atoms with Crippen molar-refractivity contribution in [2.24, 2.45) is 0 Å². The van der Waals surface area contributed by atoms with E-state index < -0.39 is 12.1 Å². The summed E-state index contributed by atoms with van der Waals surface area (Å²) in [6.45, 7) is 1.98. The Labute approximate surface area is 124 Å². The second-order valence-electron chi connectivity index (χ2n) is 5.59. The standard InChI is InChI=1S/C18H18O3/c1-12-2-10-16(11-3-12)21-17(18(19)20)15-8-6-14(7-9-15)13-4-5-13/h2-3,6-11,13,17H,4-5H2,1H3,(H,19,20). The molecule has 2 aromatic carbocycles. The smallest absolute Gasteiger partial charge is 0.349 e. The van der Waals surface area contributed by atoms with Crippen molar-refractivity contribution < 1.29 is 14.6 Å². The fourth-order valence-corrected chi connectivity index (χ4v) is 2.37. The molecule has 0 heterocycles. The van der Waals surface area contributed by atoms with E-state index in [1.54, 1.807) is 12.1 Å². The van der Waals surface area contributed by atoms with Crippen molar-refractivity contribution in [2.75, 3.05) is 0 Å². The zero-order valence-electron chi connectivity index (χ0n) is 12.0. The largest absolute Gasteiger partial charge is 0.478 e. The molecule has 0 amide bonds. The van der Waals surface area contributed by atoms with Gasteiger partial charge in [-0.2, -0.15) is 0 Å². The van der Waals surface area contributed by atoms with Crippen LogP contribution in [0.2, 0.25) is 0 Å². The maximum atomic E-state index is 11.5. The molecule has 0 aromatic heterocycles. The number of benzene rings is 2. The molecule has 1 aliphatic carbocycles. The molecule has 0 bridgehead atoms. The van der Waals surface area contributed by atoms with Crippen molar-refractivity contribution in [2.45, 2.75) is 31.8 Å². The Hall–Kier alpha value is -2.29. The molecule has 1 fully saturated rings. The molecular formula is C18H18O3. The van der Waals surface area contributed by atoms with Crippen LogP contribution in [0.15, 0.2) is 48.5 Å². The van der Waals surface area contributed by atoms with Gasteiger partial charge in [0, 0.05) is 5.56 Å². The topological polar surface area (TPSA) is 46.5 Å². The van der Waals surface area contributed by atoms with E-state index in [4.69, 9.17) is 4.74 Å². The van der Waals surface area contributed by atoms with Crippen molar-refractivity contribution in [3.05, 3.63) is 65.2 Å². The van der Waals surface area contributed by atoms with E-state index >= 15 is 0 Å². The van der Waals surface area contributed by atoms with Gasteiger partial charge in [-0.15, -0.1) is 0 Å². The highest BCUT2D eigenvalue weighted by molar-refractivity contribution is 5.74. The van der Waals surface area contributed by atoms with Crippen LogP contribution in [0.4, 0.5) is 0 Å². The molecule has 1 unspecified atom stereocenters. The number of aryl methyl sites for hydroxylation is 1. The number of rotatable bonds is 5. The lowest BCUT2D eigenvalue weighted by Gasteiger charge is -2.16.